The van der Waals surface area contributed by atoms with Gasteiger partial charge in [-0.05, 0) is 47.6 Å². The lowest BCUT2D eigenvalue weighted by Gasteiger charge is -2.17. The maximum Gasteiger partial charge on any atom is 0.226 e. The fraction of sp³-hybridized carbons (Fsp3) is 0.381. The summed E-state index contributed by atoms with van der Waals surface area (Å²) in [4.78, 5) is 14.7. The number of sulfonamides is 1. The van der Waals surface area contributed by atoms with E-state index >= 15 is 0 Å². The molecule has 5 nitrogen and oxygen atoms in total. The third-order valence-corrected chi connectivity index (χ3v) is 6.52. The lowest BCUT2D eigenvalue weighted by Crippen LogP contribution is -2.38. The molecule has 148 valence electrons. The van der Waals surface area contributed by atoms with E-state index in [0.717, 1.165) is 23.8 Å². The molecule has 1 saturated heterocycles. The van der Waals surface area contributed by atoms with Crippen molar-refractivity contribution in [2.45, 2.75) is 24.8 Å². The molecule has 0 radical (unpaired) electrons. The third-order valence-electron chi connectivity index (χ3n) is 5.50. The Bertz CT molecular complexity index is 991. The zero-order valence-corrected chi connectivity index (χ0v) is 17.2. The first-order valence-corrected chi connectivity index (χ1v) is 11.7. The summed E-state index contributed by atoms with van der Waals surface area (Å²) >= 11 is 6.01. The zero-order chi connectivity index (χ0) is 19.9. The van der Waals surface area contributed by atoms with Crippen LogP contribution in [0, 0.1) is 5.92 Å². The van der Waals surface area contributed by atoms with Crippen LogP contribution in [0.2, 0.25) is 5.02 Å². The Kier molecular flexibility index (Phi) is 5.21. The van der Waals surface area contributed by atoms with Crippen molar-refractivity contribution in [3.63, 3.8) is 0 Å². The fourth-order valence-electron chi connectivity index (χ4n) is 4.12. The fourth-order valence-corrected chi connectivity index (χ4v) is 5.04. The summed E-state index contributed by atoms with van der Waals surface area (Å²) in [7, 11) is -3.25. The molecule has 0 aromatic heterocycles. The van der Waals surface area contributed by atoms with Gasteiger partial charge in [-0.3, -0.25) is 4.79 Å². The molecule has 2 aromatic rings. The van der Waals surface area contributed by atoms with Crippen LogP contribution < -0.4 is 4.72 Å². The second-order valence-electron chi connectivity index (χ2n) is 7.70. The molecule has 3 atom stereocenters. The summed E-state index contributed by atoms with van der Waals surface area (Å²) in [6.07, 6.45) is 2.66. The number of carbonyl (C=O) groups is 1. The number of hydrogen-bond acceptors (Lipinski definition) is 3. The van der Waals surface area contributed by atoms with Crippen LogP contribution >= 0.6 is 11.6 Å². The van der Waals surface area contributed by atoms with Crippen molar-refractivity contribution in [2.24, 2.45) is 5.92 Å². The maximum absolute atomic E-state index is 12.9. The second-order valence-corrected chi connectivity index (χ2v) is 9.92. The first-order valence-electron chi connectivity index (χ1n) is 9.43. The number of halogens is 1. The number of nitrogens with zero attached hydrogens (tertiary/aromatic N) is 1. The van der Waals surface area contributed by atoms with E-state index in [-0.39, 0.29) is 23.8 Å². The molecule has 7 heteroatoms. The van der Waals surface area contributed by atoms with Gasteiger partial charge in [0.1, 0.15) is 0 Å². The molecular weight excluding hydrogens is 396 g/mol. The van der Waals surface area contributed by atoms with Crippen molar-refractivity contribution < 1.29 is 13.2 Å². The Balaban J connectivity index is 1.46. The SMILES string of the molecule is CS(=O)(=O)N[C@H]1CCN(C(=O)[C@@H]2C[C@H]2c2ccccc2-c2ccc(Cl)cc2)C1. The van der Waals surface area contributed by atoms with Crippen molar-refractivity contribution in [1.82, 2.24) is 9.62 Å². The number of amides is 1. The largest absolute Gasteiger partial charge is 0.341 e. The van der Waals surface area contributed by atoms with Crippen LogP contribution in [0.15, 0.2) is 48.5 Å². The van der Waals surface area contributed by atoms with Crippen LogP contribution in [-0.4, -0.2) is 44.6 Å². The van der Waals surface area contributed by atoms with Gasteiger partial charge in [0.25, 0.3) is 0 Å². The van der Waals surface area contributed by atoms with E-state index in [2.05, 4.69) is 16.9 Å². The lowest BCUT2D eigenvalue weighted by molar-refractivity contribution is -0.131. The standard InChI is InChI=1S/C21H23ClN2O3S/c1-28(26,27)23-16-10-11-24(13-16)21(25)20-12-19(20)18-5-3-2-4-17(18)14-6-8-15(22)9-7-14/h2-9,16,19-20,23H,10-13H2,1H3/t16-,19-,20+/m0/s1. The number of hydrogen-bond donors (Lipinski definition) is 1. The molecule has 1 N–H and O–H groups in total. The Morgan fingerprint density at radius 1 is 1.14 bits per heavy atom. The van der Waals surface area contributed by atoms with Gasteiger partial charge in [-0.1, -0.05) is 48.0 Å². The molecule has 1 heterocycles. The highest BCUT2D eigenvalue weighted by Gasteiger charge is 2.47. The minimum Gasteiger partial charge on any atom is -0.341 e. The van der Waals surface area contributed by atoms with Crippen LogP contribution in [0.4, 0.5) is 0 Å². The normalized spacial score (nSPS) is 24.4. The number of nitrogens with one attached hydrogen (secondary N) is 1. The lowest BCUT2D eigenvalue weighted by atomic mass is 9.96. The summed E-state index contributed by atoms with van der Waals surface area (Å²) in [5.41, 5.74) is 3.42. The van der Waals surface area contributed by atoms with Gasteiger partial charge < -0.3 is 4.90 Å². The predicted octanol–water partition coefficient (Wildman–Crippen LogP) is 3.26. The molecule has 4 rings (SSSR count). The first kappa shape index (κ1) is 19.4. The molecule has 0 unspecified atom stereocenters. The van der Waals surface area contributed by atoms with E-state index in [9.17, 15) is 13.2 Å². The third kappa shape index (κ3) is 4.24. The molecule has 2 aromatic carbocycles. The number of likely N-dealkylation sites (tertiary alicyclic amines) is 1. The summed E-state index contributed by atoms with van der Waals surface area (Å²) in [5.74, 6) is 0.320. The average Bonchev–Trinajstić information content (AvgIpc) is 3.32. The van der Waals surface area contributed by atoms with Crippen molar-refractivity contribution >= 4 is 27.5 Å². The molecule has 0 spiro atoms. The molecule has 1 saturated carbocycles. The monoisotopic (exact) mass is 418 g/mol. The summed E-state index contributed by atoms with van der Waals surface area (Å²) < 4.78 is 25.4. The van der Waals surface area contributed by atoms with Crippen molar-refractivity contribution in [3.8, 4) is 11.1 Å². The molecular formula is C21H23ClN2O3S. The van der Waals surface area contributed by atoms with Gasteiger partial charge in [-0.25, -0.2) is 13.1 Å². The van der Waals surface area contributed by atoms with Gasteiger partial charge in [-0.15, -0.1) is 0 Å². The molecule has 1 aliphatic carbocycles. The van der Waals surface area contributed by atoms with E-state index in [1.165, 1.54) is 5.56 Å². The number of carbonyl (C=O) groups excluding carboxylic acids is 1. The van der Waals surface area contributed by atoms with Crippen molar-refractivity contribution in [2.75, 3.05) is 19.3 Å². The zero-order valence-electron chi connectivity index (χ0n) is 15.6. The number of rotatable bonds is 5. The molecule has 1 aliphatic heterocycles. The quantitative estimate of drug-likeness (QED) is 0.810. The first-order chi connectivity index (χ1) is 13.3. The summed E-state index contributed by atoms with van der Waals surface area (Å²) in [6, 6.07) is 15.8. The highest BCUT2D eigenvalue weighted by Crippen LogP contribution is 2.51. The Morgan fingerprint density at radius 3 is 2.57 bits per heavy atom. The molecule has 2 fully saturated rings. The minimum absolute atomic E-state index is 0.0227. The Hall–Kier alpha value is -1.89. The summed E-state index contributed by atoms with van der Waals surface area (Å²) in [5, 5.41) is 0.701. The van der Waals surface area contributed by atoms with E-state index < -0.39 is 10.0 Å². The molecule has 1 amide bonds. The average molecular weight is 419 g/mol. The van der Waals surface area contributed by atoms with E-state index in [0.29, 0.717) is 24.5 Å². The molecule has 0 bridgehead atoms. The van der Waals surface area contributed by atoms with Crippen molar-refractivity contribution in [1.29, 1.82) is 0 Å². The summed E-state index contributed by atoms with van der Waals surface area (Å²) in [6.45, 7) is 1.06. The predicted molar refractivity (Wildman–Crippen MR) is 111 cm³/mol. The van der Waals surface area contributed by atoms with Crippen LogP contribution in [0.25, 0.3) is 11.1 Å². The minimum atomic E-state index is -3.25. The second kappa shape index (κ2) is 7.50. The highest BCUT2D eigenvalue weighted by molar-refractivity contribution is 7.88. The Labute approximate surface area is 170 Å². The van der Waals surface area contributed by atoms with Gasteiger partial charge in [-0.2, -0.15) is 0 Å². The highest BCUT2D eigenvalue weighted by atomic mass is 35.5. The van der Waals surface area contributed by atoms with E-state index in [4.69, 9.17) is 11.6 Å². The van der Waals surface area contributed by atoms with Gasteiger partial charge in [0.05, 0.1) is 6.26 Å². The topological polar surface area (TPSA) is 66.5 Å². The van der Waals surface area contributed by atoms with Crippen LogP contribution in [-0.2, 0) is 14.8 Å². The van der Waals surface area contributed by atoms with E-state index in [1.807, 2.05) is 36.4 Å². The van der Waals surface area contributed by atoms with Gasteiger partial charge >= 0.3 is 0 Å². The maximum atomic E-state index is 12.9. The van der Waals surface area contributed by atoms with Crippen LogP contribution in [0.3, 0.4) is 0 Å². The van der Waals surface area contributed by atoms with Crippen molar-refractivity contribution in [3.05, 3.63) is 59.1 Å². The van der Waals surface area contributed by atoms with E-state index in [1.54, 1.807) is 4.90 Å². The molecule has 2 aliphatic rings. The Morgan fingerprint density at radius 2 is 1.86 bits per heavy atom. The van der Waals surface area contributed by atoms with Gasteiger partial charge in [0, 0.05) is 30.1 Å². The molecule has 28 heavy (non-hydrogen) atoms. The van der Waals surface area contributed by atoms with Gasteiger partial charge in [0.15, 0.2) is 0 Å². The smallest absolute Gasteiger partial charge is 0.226 e. The van der Waals surface area contributed by atoms with Crippen LogP contribution in [0.1, 0.15) is 24.3 Å². The van der Waals surface area contributed by atoms with Gasteiger partial charge in [0.2, 0.25) is 15.9 Å². The van der Waals surface area contributed by atoms with Crippen LogP contribution in [0.5, 0.6) is 0 Å². The number of benzene rings is 2.